The lowest BCUT2D eigenvalue weighted by molar-refractivity contribution is -0.132. The van der Waals surface area contributed by atoms with E-state index in [0.717, 1.165) is 12.0 Å². The van der Waals surface area contributed by atoms with Gasteiger partial charge in [0.25, 0.3) is 0 Å². The van der Waals surface area contributed by atoms with E-state index in [1.165, 1.54) is 5.56 Å². The molecule has 1 aromatic carbocycles. The fraction of sp³-hybridized carbons (Fsp3) is 0.250. The van der Waals surface area contributed by atoms with Crippen LogP contribution in [0, 0.1) is 6.92 Å². The van der Waals surface area contributed by atoms with Crippen LogP contribution in [0.3, 0.4) is 0 Å². The predicted octanol–water partition coefficient (Wildman–Crippen LogP) is 2.57. The molecule has 0 spiro atoms. The Kier molecular flexibility index (Phi) is 3.46. The molecule has 0 saturated heterocycles. The largest absolute Gasteiger partial charge is 0.478 e. The van der Waals surface area contributed by atoms with Crippen LogP contribution >= 0.6 is 0 Å². The Bertz CT molecular complexity index is 336. The molecule has 2 nitrogen and oxygen atoms in total. The zero-order valence-corrected chi connectivity index (χ0v) is 8.29. The molecule has 0 aliphatic heterocycles. The molecule has 0 amide bonds. The Labute approximate surface area is 83.9 Å². The summed E-state index contributed by atoms with van der Waals surface area (Å²) in [6.45, 7) is 5.52. The minimum Gasteiger partial charge on any atom is -0.478 e. The molecule has 0 heterocycles. The molecule has 0 aliphatic carbocycles. The maximum absolute atomic E-state index is 10.5. The summed E-state index contributed by atoms with van der Waals surface area (Å²) in [5, 5.41) is 8.60. The first kappa shape index (κ1) is 10.5. The van der Waals surface area contributed by atoms with E-state index in [1.807, 2.05) is 31.2 Å². The lowest BCUT2D eigenvalue weighted by atomic mass is 10.0. The molecule has 0 aliphatic rings. The second kappa shape index (κ2) is 4.61. The van der Waals surface area contributed by atoms with Gasteiger partial charge in [-0.1, -0.05) is 36.4 Å². The highest BCUT2D eigenvalue weighted by atomic mass is 16.4. The van der Waals surface area contributed by atoms with E-state index in [1.54, 1.807) is 0 Å². The van der Waals surface area contributed by atoms with Gasteiger partial charge in [0.1, 0.15) is 0 Å². The van der Waals surface area contributed by atoms with Crippen molar-refractivity contribution < 1.29 is 9.90 Å². The fourth-order valence-electron chi connectivity index (χ4n) is 1.16. The van der Waals surface area contributed by atoms with Crippen molar-refractivity contribution in [2.45, 2.75) is 19.8 Å². The third-order valence-corrected chi connectivity index (χ3v) is 2.14. The van der Waals surface area contributed by atoms with E-state index in [0.29, 0.717) is 6.42 Å². The van der Waals surface area contributed by atoms with Crippen LogP contribution in [0.2, 0.25) is 0 Å². The number of rotatable bonds is 4. The van der Waals surface area contributed by atoms with Crippen LogP contribution in [0.15, 0.2) is 36.4 Å². The van der Waals surface area contributed by atoms with Crippen LogP contribution in [0.4, 0.5) is 0 Å². The molecule has 0 unspecified atom stereocenters. The molecular weight excluding hydrogens is 176 g/mol. The fourth-order valence-corrected chi connectivity index (χ4v) is 1.16. The Morgan fingerprint density at radius 1 is 1.36 bits per heavy atom. The molecule has 1 rings (SSSR count). The summed E-state index contributed by atoms with van der Waals surface area (Å²) in [6, 6.07) is 8.09. The van der Waals surface area contributed by atoms with Crippen molar-refractivity contribution in [3.8, 4) is 0 Å². The van der Waals surface area contributed by atoms with E-state index in [4.69, 9.17) is 5.11 Å². The van der Waals surface area contributed by atoms with Crippen molar-refractivity contribution in [3.63, 3.8) is 0 Å². The summed E-state index contributed by atoms with van der Waals surface area (Å²) in [5.41, 5.74) is 2.63. The highest BCUT2D eigenvalue weighted by molar-refractivity contribution is 5.85. The van der Waals surface area contributed by atoms with Crippen molar-refractivity contribution >= 4 is 5.97 Å². The van der Waals surface area contributed by atoms with Crippen molar-refractivity contribution in [2.75, 3.05) is 0 Å². The first-order valence-corrected chi connectivity index (χ1v) is 4.56. The van der Waals surface area contributed by atoms with Crippen LogP contribution in [0.5, 0.6) is 0 Å². The van der Waals surface area contributed by atoms with Crippen LogP contribution < -0.4 is 0 Å². The highest BCUT2D eigenvalue weighted by Crippen LogP contribution is 2.09. The highest BCUT2D eigenvalue weighted by Gasteiger charge is 2.03. The van der Waals surface area contributed by atoms with Crippen LogP contribution in [0.25, 0.3) is 0 Å². The molecule has 14 heavy (non-hydrogen) atoms. The molecule has 0 atom stereocenters. The quantitative estimate of drug-likeness (QED) is 0.741. The zero-order valence-electron chi connectivity index (χ0n) is 8.29. The number of aliphatic carboxylic acids is 1. The second-order valence-corrected chi connectivity index (χ2v) is 3.39. The van der Waals surface area contributed by atoms with E-state index in [9.17, 15) is 4.79 Å². The summed E-state index contributed by atoms with van der Waals surface area (Å²) in [4.78, 5) is 10.5. The maximum atomic E-state index is 10.5. The van der Waals surface area contributed by atoms with Crippen molar-refractivity contribution in [2.24, 2.45) is 0 Å². The first-order valence-electron chi connectivity index (χ1n) is 4.56. The molecular formula is C12H14O2. The predicted molar refractivity (Wildman–Crippen MR) is 56.3 cm³/mol. The topological polar surface area (TPSA) is 37.3 Å². The summed E-state index contributed by atoms with van der Waals surface area (Å²) in [6.07, 6.45) is 1.25. The number of carboxylic acids is 1. The number of carbonyl (C=O) groups is 1. The minimum atomic E-state index is -0.905. The SMILES string of the molecule is C=C(CCc1ccc(C)cc1)C(=O)O. The van der Waals surface area contributed by atoms with E-state index < -0.39 is 5.97 Å². The summed E-state index contributed by atoms with van der Waals surface area (Å²) in [5.74, 6) is -0.905. The average Bonchev–Trinajstić information content (AvgIpc) is 2.16. The summed E-state index contributed by atoms with van der Waals surface area (Å²) >= 11 is 0. The molecule has 0 saturated carbocycles. The second-order valence-electron chi connectivity index (χ2n) is 3.39. The third kappa shape index (κ3) is 3.05. The van der Waals surface area contributed by atoms with Crippen LogP contribution in [0.1, 0.15) is 17.5 Å². The minimum absolute atomic E-state index is 0.269. The van der Waals surface area contributed by atoms with Gasteiger partial charge in [0, 0.05) is 5.57 Å². The lowest BCUT2D eigenvalue weighted by Crippen LogP contribution is -2.00. The van der Waals surface area contributed by atoms with Gasteiger partial charge in [0.05, 0.1) is 0 Å². The Morgan fingerprint density at radius 3 is 2.43 bits per heavy atom. The van der Waals surface area contributed by atoms with Crippen LogP contribution in [-0.4, -0.2) is 11.1 Å². The molecule has 1 aromatic rings. The lowest BCUT2D eigenvalue weighted by Gasteiger charge is -2.01. The van der Waals surface area contributed by atoms with E-state index in [-0.39, 0.29) is 5.57 Å². The smallest absolute Gasteiger partial charge is 0.330 e. The normalized spacial score (nSPS) is 9.79. The molecule has 1 N–H and O–H groups in total. The zero-order chi connectivity index (χ0) is 10.6. The van der Waals surface area contributed by atoms with Gasteiger partial charge in [-0.05, 0) is 25.3 Å². The van der Waals surface area contributed by atoms with Crippen molar-refractivity contribution in [1.82, 2.24) is 0 Å². The average molecular weight is 190 g/mol. The van der Waals surface area contributed by atoms with Gasteiger partial charge in [-0.15, -0.1) is 0 Å². The van der Waals surface area contributed by atoms with Crippen molar-refractivity contribution in [3.05, 3.63) is 47.5 Å². The van der Waals surface area contributed by atoms with Gasteiger partial charge in [-0.25, -0.2) is 4.79 Å². The monoisotopic (exact) mass is 190 g/mol. The number of hydrogen-bond donors (Lipinski definition) is 1. The first-order chi connectivity index (χ1) is 6.59. The molecule has 2 heteroatoms. The van der Waals surface area contributed by atoms with Gasteiger partial charge in [-0.2, -0.15) is 0 Å². The number of carboxylic acid groups (broad SMARTS) is 1. The Morgan fingerprint density at radius 2 is 1.93 bits per heavy atom. The van der Waals surface area contributed by atoms with Gasteiger partial charge in [0.15, 0.2) is 0 Å². The maximum Gasteiger partial charge on any atom is 0.330 e. The number of aryl methyl sites for hydroxylation is 2. The third-order valence-electron chi connectivity index (χ3n) is 2.14. The van der Waals surface area contributed by atoms with Crippen LogP contribution in [-0.2, 0) is 11.2 Å². The summed E-state index contributed by atoms with van der Waals surface area (Å²) in [7, 11) is 0. The van der Waals surface area contributed by atoms with E-state index in [2.05, 4.69) is 6.58 Å². The number of benzene rings is 1. The standard InChI is InChI=1S/C12H14O2/c1-9-3-6-11(7-4-9)8-5-10(2)12(13)14/h3-4,6-7H,2,5,8H2,1H3,(H,13,14). The van der Waals surface area contributed by atoms with Gasteiger partial charge in [-0.3, -0.25) is 0 Å². The van der Waals surface area contributed by atoms with Crippen molar-refractivity contribution in [1.29, 1.82) is 0 Å². The molecule has 0 aromatic heterocycles. The van der Waals surface area contributed by atoms with Gasteiger partial charge < -0.3 is 5.11 Å². The molecule has 0 bridgehead atoms. The van der Waals surface area contributed by atoms with E-state index >= 15 is 0 Å². The Balaban J connectivity index is 2.50. The Hall–Kier alpha value is -1.57. The molecule has 74 valence electrons. The van der Waals surface area contributed by atoms with Gasteiger partial charge >= 0.3 is 5.97 Å². The van der Waals surface area contributed by atoms with Gasteiger partial charge in [0.2, 0.25) is 0 Å². The molecule has 0 radical (unpaired) electrons. The summed E-state index contributed by atoms with van der Waals surface area (Å²) < 4.78 is 0. The molecule has 0 fully saturated rings. The number of hydrogen-bond acceptors (Lipinski definition) is 1.